The maximum atomic E-state index is 12.4. The molecule has 6 nitrogen and oxygen atoms in total. The molecule has 0 spiro atoms. The Hall–Kier alpha value is -1.86. The van der Waals surface area contributed by atoms with Crippen LogP contribution in [0.2, 0.25) is 0 Å². The lowest BCUT2D eigenvalue weighted by atomic mass is 9.82. The number of ketones is 3. The van der Waals surface area contributed by atoms with E-state index in [0.29, 0.717) is 22.3 Å². The molecule has 22 heavy (non-hydrogen) atoms. The van der Waals surface area contributed by atoms with Gasteiger partial charge in [0.15, 0.2) is 17.3 Å². The predicted octanol–water partition coefficient (Wildman–Crippen LogP) is 0.760. The standard InChI is InChI=1S/C15H16N2O3.ClHO/c1-8-11(6-12(17)13(18)7-16)15(20)10-5-3-2-4-9(10)14(8)19;1-2/h2-5,12H,6-7,16-17H2,1H3;2H. The summed E-state index contributed by atoms with van der Waals surface area (Å²) in [6, 6.07) is 5.80. The van der Waals surface area contributed by atoms with Crippen LogP contribution in [0, 0.1) is 0 Å². The number of rotatable bonds is 4. The first kappa shape index (κ1) is 18.2. The summed E-state index contributed by atoms with van der Waals surface area (Å²) >= 11 is 3.64. The van der Waals surface area contributed by atoms with Gasteiger partial charge in [0, 0.05) is 22.3 Å². The second kappa shape index (κ2) is 7.95. The molecule has 7 heteroatoms. The van der Waals surface area contributed by atoms with E-state index in [9.17, 15) is 14.4 Å². The first-order valence-corrected chi connectivity index (χ1v) is 6.84. The number of carbonyl (C=O) groups excluding carboxylic acids is 3. The molecule has 2 rings (SSSR count). The fraction of sp³-hybridized carbons (Fsp3) is 0.267. The third-order valence-corrected chi connectivity index (χ3v) is 3.52. The average Bonchev–Trinajstić information content (AvgIpc) is 2.57. The topological polar surface area (TPSA) is 123 Å². The van der Waals surface area contributed by atoms with Crippen LogP contribution in [0.25, 0.3) is 0 Å². The van der Waals surface area contributed by atoms with Crippen LogP contribution in [-0.4, -0.2) is 34.6 Å². The van der Waals surface area contributed by atoms with Crippen molar-refractivity contribution in [3.05, 3.63) is 46.5 Å². The van der Waals surface area contributed by atoms with Gasteiger partial charge in [0.2, 0.25) is 0 Å². The lowest BCUT2D eigenvalue weighted by molar-refractivity contribution is -0.118. The summed E-state index contributed by atoms with van der Waals surface area (Å²) in [5.41, 5.74) is 12.4. The molecule has 118 valence electrons. The molecule has 1 aromatic carbocycles. The smallest absolute Gasteiger partial charge is 0.190 e. The quantitative estimate of drug-likeness (QED) is 0.751. The van der Waals surface area contributed by atoms with Gasteiger partial charge in [-0.3, -0.25) is 19.0 Å². The third kappa shape index (κ3) is 3.48. The van der Waals surface area contributed by atoms with E-state index in [2.05, 4.69) is 11.9 Å². The first-order chi connectivity index (χ1) is 10.5. The molecule has 1 aromatic rings. The third-order valence-electron chi connectivity index (χ3n) is 3.52. The molecule has 1 unspecified atom stereocenters. The van der Waals surface area contributed by atoms with Crippen LogP contribution in [0.5, 0.6) is 0 Å². The van der Waals surface area contributed by atoms with E-state index in [0.717, 1.165) is 0 Å². The fourth-order valence-electron chi connectivity index (χ4n) is 2.28. The molecule has 0 fully saturated rings. The first-order valence-electron chi connectivity index (χ1n) is 6.50. The van der Waals surface area contributed by atoms with Gasteiger partial charge in [-0.15, -0.1) is 0 Å². The van der Waals surface area contributed by atoms with E-state index < -0.39 is 6.04 Å². The Bertz CT molecular complexity index is 640. The van der Waals surface area contributed by atoms with Crippen molar-refractivity contribution < 1.29 is 19.0 Å². The Morgan fingerprint density at radius 1 is 1.18 bits per heavy atom. The van der Waals surface area contributed by atoms with Crippen molar-refractivity contribution in [3.8, 4) is 0 Å². The lowest BCUT2D eigenvalue weighted by Crippen LogP contribution is -2.37. The summed E-state index contributed by atoms with van der Waals surface area (Å²) in [4.78, 5) is 36.1. The minimum absolute atomic E-state index is 0.0424. The van der Waals surface area contributed by atoms with Crippen LogP contribution < -0.4 is 11.5 Å². The highest BCUT2D eigenvalue weighted by molar-refractivity contribution is 6.26. The molecule has 0 radical (unpaired) electrons. The van der Waals surface area contributed by atoms with Crippen LogP contribution in [0.1, 0.15) is 34.1 Å². The fourth-order valence-corrected chi connectivity index (χ4v) is 2.28. The zero-order chi connectivity index (χ0) is 16.9. The number of carbonyl (C=O) groups is 3. The van der Waals surface area contributed by atoms with Gasteiger partial charge in [-0.2, -0.15) is 0 Å². The van der Waals surface area contributed by atoms with Gasteiger partial charge in [0.05, 0.1) is 24.5 Å². The molecule has 0 aromatic heterocycles. The van der Waals surface area contributed by atoms with Gasteiger partial charge < -0.3 is 11.5 Å². The van der Waals surface area contributed by atoms with Gasteiger partial charge in [-0.25, -0.2) is 0 Å². The monoisotopic (exact) mass is 324 g/mol. The van der Waals surface area contributed by atoms with E-state index in [1.807, 2.05) is 0 Å². The van der Waals surface area contributed by atoms with Crippen LogP contribution in [0.4, 0.5) is 0 Å². The van der Waals surface area contributed by atoms with E-state index in [-0.39, 0.29) is 30.3 Å². The summed E-state index contributed by atoms with van der Waals surface area (Å²) in [6.45, 7) is 1.41. The molecule has 0 aliphatic heterocycles. The van der Waals surface area contributed by atoms with Gasteiger partial charge in [0.1, 0.15) is 0 Å². The Labute approximate surface area is 132 Å². The Kier molecular flexibility index (Phi) is 6.58. The van der Waals surface area contributed by atoms with Crippen LogP contribution in [0.3, 0.4) is 0 Å². The molecule has 1 aliphatic rings. The van der Waals surface area contributed by atoms with Crippen LogP contribution in [0.15, 0.2) is 35.4 Å². The summed E-state index contributed by atoms with van der Waals surface area (Å²) in [6.07, 6.45) is 0.0424. The zero-order valence-corrected chi connectivity index (χ0v) is 12.8. The molecular formula is C15H17ClN2O4. The van der Waals surface area contributed by atoms with E-state index in [1.54, 1.807) is 31.2 Å². The van der Waals surface area contributed by atoms with Gasteiger partial charge in [0.25, 0.3) is 0 Å². The van der Waals surface area contributed by atoms with E-state index in [4.69, 9.17) is 16.1 Å². The molecule has 1 aliphatic carbocycles. The largest absolute Gasteiger partial charge is 0.324 e. The Morgan fingerprint density at radius 2 is 1.68 bits per heavy atom. The number of fused-ring (bicyclic) bond motifs is 1. The normalized spacial score (nSPS) is 15.0. The SMILES string of the molecule is CC1=C(CC(N)C(=O)CN)C(=O)c2ccccc2C1=O.OCl. The number of allylic oxidation sites excluding steroid dienone is 1. The summed E-state index contributed by atoms with van der Waals surface area (Å²) in [7, 11) is 0. The molecule has 0 saturated carbocycles. The molecule has 0 bridgehead atoms. The number of nitrogens with two attached hydrogens (primary N) is 2. The zero-order valence-electron chi connectivity index (χ0n) is 12.0. The number of hydrogen-bond donors (Lipinski definition) is 3. The van der Waals surface area contributed by atoms with Crippen molar-refractivity contribution in [1.82, 2.24) is 0 Å². The molecule has 5 N–H and O–H groups in total. The lowest BCUT2D eigenvalue weighted by Gasteiger charge is -2.20. The highest BCUT2D eigenvalue weighted by atomic mass is 35.5. The van der Waals surface area contributed by atoms with Crippen molar-refractivity contribution >= 4 is 29.2 Å². The molecular weight excluding hydrogens is 308 g/mol. The van der Waals surface area contributed by atoms with Gasteiger partial charge in [-0.05, 0) is 13.3 Å². The maximum absolute atomic E-state index is 12.4. The number of hydrogen-bond acceptors (Lipinski definition) is 6. The van der Waals surface area contributed by atoms with Gasteiger partial charge in [-0.1, -0.05) is 24.3 Å². The minimum Gasteiger partial charge on any atom is -0.324 e. The van der Waals surface area contributed by atoms with Gasteiger partial charge >= 0.3 is 0 Å². The van der Waals surface area contributed by atoms with Crippen LogP contribution in [-0.2, 0) is 4.79 Å². The van der Waals surface area contributed by atoms with Crippen molar-refractivity contribution in [2.45, 2.75) is 19.4 Å². The van der Waals surface area contributed by atoms with Crippen molar-refractivity contribution in [1.29, 1.82) is 0 Å². The second-order valence-corrected chi connectivity index (χ2v) is 4.79. The molecule has 0 heterocycles. The molecule has 1 atom stereocenters. The minimum atomic E-state index is -0.855. The highest BCUT2D eigenvalue weighted by Gasteiger charge is 2.31. The highest BCUT2D eigenvalue weighted by Crippen LogP contribution is 2.28. The summed E-state index contributed by atoms with van der Waals surface area (Å²) in [5, 5.41) is 0. The summed E-state index contributed by atoms with van der Waals surface area (Å²) in [5.74, 6) is -0.759. The summed E-state index contributed by atoms with van der Waals surface area (Å²) < 4.78 is 6.47. The Balaban J connectivity index is 0.00000116. The van der Waals surface area contributed by atoms with Crippen molar-refractivity contribution in [2.75, 3.05) is 6.54 Å². The van der Waals surface area contributed by atoms with Crippen LogP contribution >= 0.6 is 11.9 Å². The van der Waals surface area contributed by atoms with Crippen molar-refractivity contribution in [2.24, 2.45) is 11.5 Å². The molecule has 0 saturated heterocycles. The van der Waals surface area contributed by atoms with E-state index >= 15 is 0 Å². The number of halogens is 1. The van der Waals surface area contributed by atoms with Crippen molar-refractivity contribution in [3.63, 3.8) is 0 Å². The number of Topliss-reactive ketones (excluding diaryl/α,β-unsaturated/α-hetero) is 3. The second-order valence-electron chi connectivity index (χ2n) is 4.79. The molecule has 0 amide bonds. The van der Waals surface area contributed by atoms with E-state index in [1.165, 1.54) is 0 Å². The average molecular weight is 325 g/mol. The maximum Gasteiger partial charge on any atom is 0.190 e. The Morgan fingerprint density at radius 3 is 2.18 bits per heavy atom. The predicted molar refractivity (Wildman–Crippen MR) is 82.5 cm³/mol. The number of benzene rings is 1.